The van der Waals surface area contributed by atoms with Crippen LogP contribution in [-0.2, 0) is 30.2 Å². The molecule has 1 aromatic rings. The van der Waals surface area contributed by atoms with Gasteiger partial charge in [-0.1, -0.05) is 28.4 Å². The topological polar surface area (TPSA) is 65.0 Å². The van der Waals surface area contributed by atoms with Crippen LogP contribution in [0.5, 0.6) is 0 Å². The van der Waals surface area contributed by atoms with E-state index in [0.29, 0.717) is 19.0 Å². The van der Waals surface area contributed by atoms with Crippen LogP contribution >= 0.6 is 0 Å². The number of hydrogen-bond donors (Lipinski definition) is 0. The van der Waals surface area contributed by atoms with Gasteiger partial charge in [0.25, 0.3) is 10.0 Å². The zero-order valence-corrected chi connectivity index (χ0v) is 13.6. The highest BCUT2D eigenvalue weighted by atomic mass is 32.3. The molecule has 1 aromatic carbocycles. The monoisotopic (exact) mass is 329 g/mol. The van der Waals surface area contributed by atoms with E-state index in [1.165, 1.54) is 0 Å². The van der Waals surface area contributed by atoms with Gasteiger partial charge < -0.3 is 9.47 Å². The van der Waals surface area contributed by atoms with E-state index in [0.717, 1.165) is 24.2 Å². The van der Waals surface area contributed by atoms with Crippen molar-refractivity contribution in [3.63, 3.8) is 0 Å². The van der Waals surface area contributed by atoms with Crippen molar-refractivity contribution in [1.82, 2.24) is 0 Å². The van der Waals surface area contributed by atoms with Gasteiger partial charge in [0.1, 0.15) is 0 Å². The van der Waals surface area contributed by atoms with Gasteiger partial charge in [0, 0.05) is 12.2 Å². The summed E-state index contributed by atoms with van der Waals surface area (Å²) in [5.74, 6) is 0.755. The fourth-order valence-electron chi connectivity index (χ4n) is 2.59. The van der Waals surface area contributed by atoms with Crippen molar-refractivity contribution < 1.29 is 17.9 Å². The third kappa shape index (κ3) is 3.36. The fraction of sp³-hybridized carbons (Fsp3) is 0.571. The first kappa shape index (κ1) is 15.1. The number of nitrogens with zero attached hydrogens (tertiary/aromatic N) is 1. The molecule has 1 atom stereocenters. The van der Waals surface area contributed by atoms with Gasteiger partial charge in [-0.2, -0.15) is 8.42 Å². The number of sulfonamides is 1. The van der Waals surface area contributed by atoms with E-state index in [-0.39, 0.29) is 4.90 Å². The van der Waals surface area contributed by atoms with E-state index in [1.807, 2.05) is 6.92 Å². The van der Waals surface area contributed by atoms with Crippen molar-refractivity contribution in [2.75, 3.05) is 24.7 Å². The summed E-state index contributed by atoms with van der Waals surface area (Å²) in [6.45, 7) is 3.10. The number of ether oxygens (including phenoxy) is 2. The summed E-state index contributed by atoms with van der Waals surface area (Å²) in [6.07, 6.45) is 1.71. The van der Waals surface area contributed by atoms with Crippen LogP contribution in [0, 0.1) is 6.92 Å². The van der Waals surface area contributed by atoms with Crippen molar-refractivity contribution in [2.24, 2.45) is 3.77 Å². The molecule has 0 saturated carbocycles. The molecular weight excluding hydrogens is 310 g/mol. The number of hydrogen-bond acceptors (Lipinski definition) is 4. The summed E-state index contributed by atoms with van der Waals surface area (Å²) in [6, 6.07) is 6.80. The third-order valence-electron chi connectivity index (χ3n) is 3.66. The molecule has 0 aliphatic carbocycles. The molecule has 1 spiro atoms. The summed E-state index contributed by atoms with van der Waals surface area (Å²) in [5, 5.41) is 0. The van der Waals surface area contributed by atoms with Crippen LogP contribution in [0.15, 0.2) is 32.9 Å². The van der Waals surface area contributed by atoms with Gasteiger partial charge in [-0.15, -0.1) is 3.77 Å². The zero-order valence-electron chi connectivity index (χ0n) is 11.9. The maximum atomic E-state index is 12.4. The second-order valence-electron chi connectivity index (χ2n) is 5.38. The van der Waals surface area contributed by atoms with Gasteiger partial charge in [-0.25, -0.2) is 0 Å². The van der Waals surface area contributed by atoms with Crippen LogP contribution in [0.2, 0.25) is 0 Å². The first-order valence-electron chi connectivity index (χ1n) is 6.99. The van der Waals surface area contributed by atoms with E-state index < -0.39 is 26.5 Å². The summed E-state index contributed by atoms with van der Waals surface area (Å²) >= 11 is 0. The Morgan fingerprint density at radius 1 is 1.19 bits per heavy atom. The zero-order chi connectivity index (χ0) is 14.9. The molecule has 0 amide bonds. The quantitative estimate of drug-likeness (QED) is 0.833. The molecule has 0 aromatic heterocycles. The van der Waals surface area contributed by atoms with Gasteiger partial charge in [0.15, 0.2) is 5.79 Å². The molecule has 0 bridgehead atoms. The van der Waals surface area contributed by atoms with Gasteiger partial charge in [0.2, 0.25) is 0 Å². The maximum absolute atomic E-state index is 12.4. The van der Waals surface area contributed by atoms with Crippen molar-refractivity contribution in [3.8, 4) is 0 Å². The van der Waals surface area contributed by atoms with Crippen molar-refractivity contribution in [3.05, 3.63) is 29.8 Å². The molecule has 3 rings (SSSR count). The van der Waals surface area contributed by atoms with E-state index in [2.05, 4.69) is 3.77 Å². The van der Waals surface area contributed by atoms with E-state index >= 15 is 0 Å². The lowest BCUT2D eigenvalue weighted by molar-refractivity contribution is -0.144. The first-order valence-corrected chi connectivity index (χ1v) is 9.95. The second kappa shape index (κ2) is 5.79. The van der Waals surface area contributed by atoms with Crippen LogP contribution in [0.25, 0.3) is 0 Å². The molecule has 2 aliphatic rings. The third-order valence-corrected chi connectivity index (χ3v) is 7.69. The predicted octanol–water partition coefficient (Wildman–Crippen LogP) is 2.02. The van der Waals surface area contributed by atoms with Gasteiger partial charge >= 0.3 is 0 Å². The minimum Gasteiger partial charge on any atom is -0.347 e. The molecule has 116 valence electrons. The molecule has 2 heterocycles. The van der Waals surface area contributed by atoms with Gasteiger partial charge in [0.05, 0.1) is 23.9 Å². The van der Waals surface area contributed by atoms with E-state index in [4.69, 9.17) is 9.47 Å². The Bertz CT molecular complexity index is 646. The largest absolute Gasteiger partial charge is 0.347 e. The van der Waals surface area contributed by atoms with Crippen LogP contribution in [0.4, 0.5) is 0 Å². The molecule has 2 saturated heterocycles. The Hall–Kier alpha value is -0.760. The van der Waals surface area contributed by atoms with Crippen molar-refractivity contribution in [1.29, 1.82) is 0 Å². The second-order valence-corrected chi connectivity index (χ2v) is 9.02. The lowest BCUT2D eigenvalue weighted by Gasteiger charge is -2.32. The Morgan fingerprint density at radius 2 is 1.86 bits per heavy atom. The summed E-state index contributed by atoms with van der Waals surface area (Å²) < 4.78 is 40.2. The Labute approximate surface area is 127 Å². The lowest BCUT2D eigenvalue weighted by Crippen LogP contribution is -2.41. The van der Waals surface area contributed by atoms with Crippen LogP contribution in [0.3, 0.4) is 0 Å². The fourth-order valence-corrected chi connectivity index (χ4v) is 6.47. The Morgan fingerprint density at radius 3 is 2.52 bits per heavy atom. The number of rotatable bonds is 2. The van der Waals surface area contributed by atoms with Crippen LogP contribution in [-0.4, -0.2) is 38.9 Å². The minimum atomic E-state index is -3.60. The highest BCUT2D eigenvalue weighted by Crippen LogP contribution is 2.31. The molecule has 5 nitrogen and oxygen atoms in total. The average molecular weight is 329 g/mol. The van der Waals surface area contributed by atoms with Gasteiger partial charge in [-0.05, 0) is 25.5 Å². The molecule has 7 heteroatoms. The minimum absolute atomic E-state index is 0.258. The smallest absolute Gasteiger partial charge is 0.287 e. The van der Waals surface area contributed by atoms with E-state index in [1.54, 1.807) is 24.3 Å². The maximum Gasteiger partial charge on any atom is 0.287 e. The van der Waals surface area contributed by atoms with Crippen LogP contribution in [0.1, 0.15) is 18.4 Å². The van der Waals surface area contributed by atoms with Gasteiger partial charge in [-0.3, -0.25) is 0 Å². The number of aryl methyl sites for hydroxylation is 1. The van der Waals surface area contributed by atoms with Crippen molar-refractivity contribution in [2.45, 2.75) is 30.4 Å². The highest BCUT2D eigenvalue weighted by molar-refractivity contribution is 8.00. The lowest BCUT2D eigenvalue weighted by atomic mass is 10.2. The molecule has 2 aliphatic heterocycles. The predicted molar refractivity (Wildman–Crippen MR) is 81.8 cm³/mol. The molecule has 21 heavy (non-hydrogen) atoms. The number of benzene rings is 1. The Balaban J connectivity index is 1.84. The molecular formula is C14H19NO4S2. The average Bonchev–Trinajstić information content (AvgIpc) is 2.86. The summed E-state index contributed by atoms with van der Waals surface area (Å²) in [7, 11) is -4.16. The standard InChI is InChI=1S/C14H19NO4S2/c1-12-3-5-13(6-4-12)21(16,17)15-20-10-2-7-14(11-20)18-8-9-19-14/h3-6H,2,7-11H2,1H3. The summed E-state index contributed by atoms with van der Waals surface area (Å²) in [4.78, 5) is 0.258. The molecule has 0 N–H and O–H groups in total. The Kier molecular flexibility index (Phi) is 4.18. The highest BCUT2D eigenvalue weighted by Gasteiger charge is 2.40. The molecule has 2 fully saturated rings. The van der Waals surface area contributed by atoms with Crippen molar-refractivity contribution >= 4 is 20.7 Å². The van der Waals surface area contributed by atoms with E-state index in [9.17, 15) is 8.42 Å². The SMILES string of the molecule is Cc1ccc(S(=O)(=O)N=S2CCCC3(C2)OCCO3)cc1. The van der Waals surface area contributed by atoms with Crippen LogP contribution < -0.4 is 0 Å². The summed E-state index contributed by atoms with van der Waals surface area (Å²) in [5.41, 5.74) is 1.03. The molecule has 1 unspecified atom stereocenters. The normalized spacial score (nSPS) is 25.5. The first-order chi connectivity index (χ1) is 9.99. The molecule has 0 radical (unpaired) electrons.